The van der Waals surface area contributed by atoms with Gasteiger partial charge in [-0.3, -0.25) is 4.79 Å². The van der Waals surface area contributed by atoms with Crippen LogP contribution >= 0.6 is 15.9 Å². The normalized spacial score (nSPS) is 17.1. The number of aromatic nitrogens is 3. The van der Waals surface area contributed by atoms with Crippen molar-refractivity contribution in [3.05, 3.63) is 59.0 Å². The minimum atomic E-state index is -0.0102. The fourth-order valence-corrected chi connectivity index (χ4v) is 3.63. The maximum Gasteiger partial charge on any atom is 0.272 e. The summed E-state index contributed by atoms with van der Waals surface area (Å²) < 4.78 is 0.838. The molecular weight excluding hydrogens is 406 g/mol. The minimum absolute atomic E-state index is 0.0102. The number of anilines is 1. The molecule has 1 atom stereocenters. The Hall–Kier alpha value is -2.54. The van der Waals surface area contributed by atoms with Crippen LogP contribution in [0.5, 0.6) is 0 Å². The molecule has 1 aliphatic heterocycles. The standard InChI is InChI=1S/C20H20BrN5O/c21-15-11-22-20(23-12-15)24-13-16-6-3-4-10-26(16)19(27)18-9-8-14-5-1-2-7-17(14)25-18/h1-2,5,7-9,11-12,16H,3-4,6,10,13H2,(H,22,23,24). The first-order valence-corrected chi connectivity index (χ1v) is 9.88. The first-order chi connectivity index (χ1) is 13.2. The van der Waals surface area contributed by atoms with Crippen molar-refractivity contribution >= 4 is 38.7 Å². The summed E-state index contributed by atoms with van der Waals surface area (Å²) in [4.78, 5) is 28.1. The van der Waals surface area contributed by atoms with E-state index in [1.165, 1.54) is 0 Å². The molecule has 0 spiro atoms. The molecule has 0 bridgehead atoms. The van der Waals surface area contributed by atoms with Gasteiger partial charge in [0.05, 0.1) is 9.99 Å². The fourth-order valence-electron chi connectivity index (χ4n) is 3.43. The molecule has 1 fully saturated rings. The zero-order valence-corrected chi connectivity index (χ0v) is 16.4. The number of carbonyl (C=O) groups is 1. The second kappa shape index (κ2) is 8.00. The van der Waals surface area contributed by atoms with E-state index in [1.807, 2.05) is 41.3 Å². The molecule has 0 radical (unpaired) electrons. The number of hydrogen-bond donors (Lipinski definition) is 1. The Morgan fingerprint density at radius 1 is 1.15 bits per heavy atom. The third kappa shape index (κ3) is 4.08. The van der Waals surface area contributed by atoms with Crippen molar-refractivity contribution in [2.24, 2.45) is 0 Å². The number of nitrogens with zero attached hydrogens (tertiary/aromatic N) is 4. The number of halogens is 1. The highest BCUT2D eigenvalue weighted by atomic mass is 79.9. The number of likely N-dealkylation sites (tertiary alicyclic amines) is 1. The van der Waals surface area contributed by atoms with Gasteiger partial charge in [0.15, 0.2) is 0 Å². The second-order valence-corrected chi connectivity index (χ2v) is 7.56. The number of hydrogen-bond acceptors (Lipinski definition) is 5. The third-order valence-corrected chi connectivity index (χ3v) is 5.23. The molecule has 6 nitrogen and oxygen atoms in total. The van der Waals surface area contributed by atoms with Gasteiger partial charge in [0.2, 0.25) is 5.95 Å². The van der Waals surface area contributed by atoms with Gasteiger partial charge in [-0.05, 0) is 47.3 Å². The maximum atomic E-state index is 13.1. The Labute approximate surface area is 166 Å². The van der Waals surface area contributed by atoms with Crippen molar-refractivity contribution in [1.82, 2.24) is 19.9 Å². The molecule has 1 N–H and O–H groups in total. The highest BCUT2D eigenvalue weighted by molar-refractivity contribution is 9.10. The lowest BCUT2D eigenvalue weighted by Crippen LogP contribution is -2.47. The van der Waals surface area contributed by atoms with Gasteiger partial charge in [-0.1, -0.05) is 24.3 Å². The van der Waals surface area contributed by atoms with Gasteiger partial charge in [0.25, 0.3) is 5.91 Å². The summed E-state index contributed by atoms with van der Waals surface area (Å²) in [7, 11) is 0. The second-order valence-electron chi connectivity index (χ2n) is 6.64. The van der Waals surface area contributed by atoms with E-state index in [0.29, 0.717) is 18.2 Å². The molecular formula is C20H20BrN5O. The largest absolute Gasteiger partial charge is 0.352 e. The van der Waals surface area contributed by atoms with Gasteiger partial charge in [0.1, 0.15) is 5.69 Å². The van der Waals surface area contributed by atoms with Crippen molar-refractivity contribution < 1.29 is 4.79 Å². The van der Waals surface area contributed by atoms with Crippen LogP contribution in [0.4, 0.5) is 5.95 Å². The van der Waals surface area contributed by atoms with E-state index in [9.17, 15) is 4.79 Å². The number of pyridine rings is 1. The van der Waals surface area contributed by atoms with Gasteiger partial charge in [-0.25, -0.2) is 15.0 Å². The van der Waals surface area contributed by atoms with Gasteiger partial charge in [0, 0.05) is 36.9 Å². The summed E-state index contributed by atoms with van der Waals surface area (Å²) in [5.74, 6) is 0.559. The Morgan fingerprint density at radius 2 is 1.96 bits per heavy atom. The lowest BCUT2D eigenvalue weighted by molar-refractivity contribution is 0.0622. The molecule has 1 saturated heterocycles. The quantitative estimate of drug-likeness (QED) is 0.686. The number of para-hydroxylation sites is 1. The molecule has 27 heavy (non-hydrogen) atoms. The van der Waals surface area contributed by atoms with E-state index in [-0.39, 0.29) is 11.9 Å². The lowest BCUT2D eigenvalue weighted by atomic mass is 10.0. The zero-order chi connectivity index (χ0) is 18.6. The molecule has 138 valence electrons. The number of fused-ring (bicyclic) bond motifs is 1. The van der Waals surface area contributed by atoms with Crippen LogP contribution in [0.1, 0.15) is 29.8 Å². The van der Waals surface area contributed by atoms with E-state index < -0.39 is 0 Å². The molecule has 0 aliphatic carbocycles. The van der Waals surface area contributed by atoms with Crippen molar-refractivity contribution in [1.29, 1.82) is 0 Å². The predicted octanol–water partition coefficient (Wildman–Crippen LogP) is 3.89. The van der Waals surface area contributed by atoms with E-state index in [1.54, 1.807) is 12.4 Å². The molecule has 7 heteroatoms. The monoisotopic (exact) mass is 425 g/mol. The Bertz CT molecular complexity index is 947. The smallest absolute Gasteiger partial charge is 0.272 e. The number of rotatable bonds is 4. The van der Waals surface area contributed by atoms with Crippen molar-refractivity contribution in [2.75, 3.05) is 18.4 Å². The average Bonchev–Trinajstić information content (AvgIpc) is 2.73. The van der Waals surface area contributed by atoms with Crippen molar-refractivity contribution in [3.8, 4) is 0 Å². The molecule has 3 heterocycles. The molecule has 0 saturated carbocycles. The SMILES string of the molecule is O=C(c1ccc2ccccc2n1)N1CCCCC1CNc1ncc(Br)cn1. The van der Waals surface area contributed by atoms with Gasteiger partial charge in [-0.15, -0.1) is 0 Å². The zero-order valence-electron chi connectivity index (χ0n) is 14.8. The van der Waals surface area contributed by atoms with Crippen LogP contribution in [-0.4, -0.2) is 44.9 Å². The van der Waals surface area contributed by atoms with Crippen LogP contribution in [-0.2, 0) is 0 Å². The van der Waals surface area contributed by atoms with Crippen LogP contribution < -0.4 is 5.32 Å². The topological polar surface area (TPSA) is 71.0 Å². The van der Waals surface area contributed by atoms with Crippen LogP contribution in [0.3, 0.4) is 0 Å². The number of carbonyl (C=O) groups excluding carboxylic acids is 1. The molecule has 1 aliphatic rings. The van der Waals surface area contributed by atoms with E-state index in [0.717, 1.165) is 41.2 Å². The maximum absolute atomic E-state index is 13.1. The van der Waals surface area contributed by atoms with Crippen LogP contribution in [0.2, 0.25) is 0 Å². The molecule has 3 aromatic rings. The number of amides is 1. The predicted molar refractivity (Wildman–Crippen MR) is 109 cm³/mol. The summed E-state index contributed by atoms with van der Waals surface area (Å²) in [5, 5.41) is 4.29. The Kier molecular flexibility index (Phi) is 5.29. The molecule has 4 rings (SSSR count). The van der Waals surface area contributed by atoms with Crippen molar-refractivity contribution in [3.63, 3.8) is 0 Å². The van der Waals surface area contributed by atoms with E-state index in [4.69, 9.17) is 0 Å². The summed E-state index contributed by atoms with van der Waals surface area (Å²) in [5.41, 5.74) is 1.35. The highest BCUT2D eigenvalue weighted by Crippen LogP contribution is 2.21. The average molecular weight is 426 g/mol. The Morgan fingerprint density at radius 3 is 2.81 bits per heavy atom. The number of nitrogens with one attached hydrogen (secondary N) is 1. The summed E-state index contributed by atoms with van der Waals surface area (Å²) >= 11 is 3.33. The van der Waals surface area contributed by atoms with Crippen LogP contribution in [0.25, 0.3) is 10.9 Å². The Balaban J connectivity index is 1.50. The summed E-state index contributed by atoms with van der Waals surface area (Å²) in [6, 6.07) is 11.7. The molecule has 1 amide bonds. The van der Waals surface area contributed by atoms with Gasteiger partial charge >= 0.3 is 0 Å². The minimum Gasteiger partial charge on any atom is -0.352 e. The lowest BCUT2D eigenvalue weighted by Gasteiger charge is -2.35. The van der Waals surface area contributed by atoms with Crippen LogP contribution in [0, 0.1) is 0 Å². The first-order valence-electron chi connectivity index (χ1n) is 9.09. The third-order valence-electron chi connectivity index (χ3n) is 4.82. The summed E-state index contributed by atoms with van der Waals surface area (Å²) in [6.07, 6.45) is 6.51. The van der Waals surface area contributed by atoms with Gasteiger partial charge in [-0.2, -0.15) is 0 Å². The molecule has 1 unspecified atom stereocenters. The highest BCUT2D eigenvalue weighted by Gasteiger charge is 2.28. The number of piperidine rings is 1. The van der Waals surface area contributed by atoms with Gasteiger partial charge < -0.3 is 10.2 Å². The van der Waals surface area contributed by atoms with Crippen molar-refractivity contribution in [2.45, 2.75) is 25.3 Å². The van der Waals surface area contributed by atoms with Crippen LogP contribution in [0.15, 0.2) is 53.3 Å². The summed E-state index contributed by atoms with van der Waals surface area (Å²) in [6.45, 7) is 1.38. The molecule has 1 aromatic carbocycles. The fraction of sp³-hybridized carbons (Fsp3) is 0.300. The molecule has 2 aromatic heterocycles. The van der Waals surface area contributed by atoms with E-state index >= 15 is 0 Å². The first kappa shape index (κ1) is 17.9. The number of benzene rings is 1. The van der Waals surface area contributed by atoms with E-state index in [2.05, 4.69) is 36.2 Å².